The number of carbonyl (C=O) groups is 1. The maximum Gasteiger partial charge on any atom is 0.251 e. The van der Waals surface area contributed by atoms with Gasteiger partial charge < -0.3 is 15.7 Å². The number of amides is 1. The van der Waals surface area contributed by atoms with Gasteiger partial charge in [-0.05, 0) is 18.2 Å². The zero-order valence-electron chi connectivity index (χ0n) is 12.8. The molecule has 1 aromatic heterocycles. The Kier molecular flexibility index (Phi) is 5.91. The Hall–Kier alpha value is -1.92. The van der Waals surface area contributed by atoms with Crippen molar-refractivity contribution in [2.75, 3.05) is 18.5 Å². The van der Waals surface area contributed by atoms with Gasteiger partial charge in [-0.1, -0.05) is 19.9 Å². The van der Waals surface area contributed by atoms with Crippen molar-refractivity contribution in [1.82, 2.24) is 10.3 Å². The Morgan fingerprint density at radius 3 is 2.91 bits per heavy atom. The minimum atomic E-state index is -0.187. The van der Waals surface area contributed by atoms with Crippen molar-refractivity contribution < 1.29 is 9.90 Å². The Labute approximate surface area is 134 Å². The van der Waals surface area contributed by atoms with E-state index in [-0.39, 0.29) is 19.1 Å². The summed E-state index contributed by atoms with van der Waals surface area (Å²) in [5.41, 5.74) is 2.44. The summed E-state index contributed by atoms with van der Waals surface area (Å²) in [6.07, 6.45) is 0. The molecular formula is C16H21N3O2S. The van der Waals surface area contributed by atoms with Gasteiger partial charge in [0.15, 0.2) is 0 Å². The van der Waals surface area contributed by atoms with Crippen LogP contribution in [0.25, 0.3) is 0 Å². The lowest BCUT2D eigenvalue weighted by atomic mass is 10.2. The lowest BCUT2D eigenvalue weighted by molar-refractivity contribution is 0.0945. The van der Waals surface area contributed by atoms with Gasteiger partial charge in [0, 0.05) is 29.1 Å². The Bertz CT molecular complexity index is 625. The highest BCUT2D eigenvalue weighted by molar-refractivity contribution is 7.09. The van der Waals surface area contributed by atoms with Gasteiger partial charge in [0.05, 0.1) is 23.9 Å². The minimum absolute atomic E-state index is 0.0638. The van der Waals surface area contributed by atoms with Crippen molar-refractivity contribution in [3.05, 3.63) is 45.9 Å². The molecule has 118 valence electrons. The fraction of sp³-hybridized carbons (Fsp3) is 0.375. The van der Waals surface area contributed by atoms with Crippen molar-refractivity contribution in [2.24, 2.45) is 0 Å². The van der Waals surface area contributed by atoms with Crippen LogP contribution < -0.4 is 10.6 Å². The molecule has 6 heteroatoms. The number of benzene rings is 1. The minimum Gasteiger partial charge on any atom is -0.395 e. The topological polar surface area (TPSA) is 74.2 Å². The van der Waals surface area contributed by atoms with Crippen LogP contribution in [0.3, 0.4) is 0 Å². The molecule has 0 radical (unpaired) electrons. The van der Waals surface area contributed by atoms with Gasteiger partial charge in [-0.2, -0.15) is 0 Å². The third-order valence-corrected chi connectivity index (χ3v) is 4.25. The summed E-state index contributed by atoms with van der Waals surface area (Å²) < 4.78 is 0. The molecule has 3 N–H and O–H groups in total. The van der Waals surface area contributed by atoms with Crippen LogP contribution in [0.4, 0.5) is 5.69 Å². The lowest BCUT2D eigenvalue weighted by Gasteiger charge is -2.07. The number of hydrogen-bond acceptors (Lipinski definition) is 5. The van der Waals surface area contributed by atoms with Crippen LogP contribution in [0, 0.1) is 0 Å². The van der Waals surface area contributed by atoms with Crippen LogP contribution in [0.1, 0.15) is 40.8 Å². The number of nitrogens with zero attached hydrogens (tertiary/aromatic N) is 1. The standard InChI is InChI=1S/C16H21N3O2S/c1-11(2)16-19-14(10-22-16)9-18-13-5-3-4-12(8-13)15(21)17-6-7-20/h3-5,8,10-11,18,20H,6-7,9H2,1-2H3,(H,17,21). The molecule has 0 aliphatic rings. The highest BCUT2D eigenvalue weighted by atomic mass is 32.1. The molecule has 1 heterocycles. The smallest absolute Gasteiger partial charge is 0.251 e. The SMILES string of the molecule is CC(C)c1nc(CNc2cccc(C(=O)NCCO)c2)cs1. The van der Waals surface area contributed by atoms with E-state index in [0.29, 0.717) is 18.0 Å². The van der Waals surface area contributed by atoms with Gasteiger partial charge in [-0.15, -0.1) is 11.3 Å². The maximum atomic E-state index is 11.8. The van der Waals surface area contributed by atoms with E-state index in [0.717, 1.165) is 16.4 Å². The van der Waals surface area contributed by atoms with Crippen LogP contribution in [0.5, 0.6) is 0 Å². The fourth-order valence-electron chi connectivity index (χ4n) is 1.90. The molecule has 0 bridgehead atoms. The zero-order valence-corrected chi connectivity index (χ0v) is 13.6. The number of aliphatic hydroxyl groups excluding tert-OH is 1. The predicted molar refractivity (Wildman–Crippen MR) is 89.4 cm³/mol. The fourth-order valence-corrected chi connectivity index (χ4v) is 2.74. The number of rotatable bonds is 7. The first-order chi connectivity index (χ1) is 10.6. The van der Waals surface area contributed by atoms with Gasteiger partial charge in [-0.3, -0.25) is 4.79 Å². The van der Waals surface area contributed by atoms with E-state index < -0.39 is 0 Å². The number of aliphatic hydroxyl groups is 1. The molecule has 2 aromatic rings. The van der Waals surface area contributed by atoms with Crippen LogP contribution in [0.15, 0.2) is 29.6 Å². The van der Waals surface area contributed by atoms with Gasteiger partial charge >= 0.3 is 0 Å². The summed E-state index contributed by atoms with van der Waals surface area (Å²) in [5, 5.41) is 17.8. The summed E-state index contributed by atoms with van der Waals surface area (Å²) in [5.74, 6) is 0.255. The Morgan fingerprint density at radius 2 is 2.23 bits per heavy atom. The molecule has 1 aromatic carbocycles. The van der Waals surface area contributed by atoms with Gasteiger partial charge in [-0.25, -0.2) is 4.98 Å². The number of carbonyl (C=O) groups excluding carboxylic acids is 1. The Morgan fingerprint density at radius 1 is 1.41 bits per heavy atom. The van der Waals surface area contributed by atoms with E-state index in [1.54, 1.807) is 23.5 Å². The Balaban J connectivity index is 1.96. The lowest BCUT2D eigenvalue weighted by Crippen LogP contribution is -2.26. The third kappa shape index (κ3) is 4.54. The molecule has 5 nitrogen and oxygen atoms in total. The monoisotopic (exact) mass is 319 g/mol. The van der Waals surface area contributed by atoms with Crippen molar-refractivity contribution in [1.29, 1.82) is 0 Å². The highest BCUT2D eigenvalue weighted by Crippen LogP contribution is 2.20. The van der Waals surface area contributed by atoms with Gasteiger partial charge in [0.2, 0.25) is 0 Å². The third-order valence-electron chi connectivity index (χ3n) is 3.06. The number of nitrogens with one attached hydrogen (secondary N) is 2. The average Bonchev–Trinajstić information content (AvgIpc) is 3.00. The molecule has 1 amide bonds. The molecule has 0 unspecified atom stereocenters. The summed E-state index contributed by atoms with van der Waals surface area (Å²) >= 11 is 1.67. The van der Waals surface area contributed by atoms with Crippen molar-refractivity contribution in [2.45, 2.75) is 26.3 Å². The van der Waals surface area contributed by atoms with Gasteiger partial charge in [0.25, 0.3) is 5.91 Å². The quantitative estimate of drug-likeness (QED) is 0.733. The van der Waals surface area contributed by atoms with Crippen LogP contribution in [0.2, 0.25) is 0 Å². The molecular weight excluding hydrogens is 298 g/mol. The second-order valence-electron chi connectivity index (χ2n) is 5.25. The normalized spacial score (nSPS) is 10.7. The summed E-state index contributed by atoms with van der Waals surface area (Å²) in [7, 11) is 0. The molecule has 0 aliphatic heterocycles. The first kappa shape index (κ1) is 16.5. The molecule has 0 saturated heterocycles. The van der Waals surface area contributed by atoms with E-state index in [2.05, 4.69) is 34.8 Å². The predicted octanol–water partition coefficient (Wildman–Crippen LogP) is 2.60. The number of thiazole rings is 1. The molecule has 22 heavy (non-hydrogen) atoms. The molecule has 2 rings (SSSR count). The van der Waals surface area contributed by atoms with Crippen LogP contribution >= 0.6 is 11.3 Å². The van der Waals surface area contributed by atoms with Crippen molar-refractivity contribution in [3.63, 3.8) is 0 Å². The maximum absolute atomic E-state index is 11.8. The molecule has 0 spiro atoms. The van der Waals surface area contributed by atoms with E-state index in [1.807, 2.05) is 12.1 Å². The zero-order chi connectivity index (χ0) is 15.9. The van der Waals surface area contributed by atoms with E-state index in [4.69, 9.17) is 5.11 Å². The number of anilines is 1. The molecule has 0 aliphatic carbocycles. The molecule has 0 fully saturated rings. The van der Waals surface area contributed by atoms with Crippen molar-refractivity contribution in [3.8, 4) is 0 Å². The number of aromatic nitrogens is 1. The van der Waals surface area contributed by atoms with Crippen LogP contribution in [-0.4, -0.2) is 29.1 Å². The van der Waals surface area contributed by atoms with E-state index >= 15 is 0 Å². The van der Waals surface area contributed by atoms with Crippen LogP contribution in [-0.2, 0) is 6.54 Å². The first-order valence-corrected chi connectivity index (χ1v) is 8.15. The molecule has 0 saturated carbocycles. The second kappa shape index (κ2) is 7.91. The molecule has 0 atom stereocenters. The highest BCUT2D eigenvalue weighted by Gasteiger charge is 2.07. The van der Waals surface area contributed by atoms with Crippen molar-refractivity contribution >= 4 is 22.9 Å². The largest absolute Gasteiger partial charge is 0.395 e. The van der Waals surface area contributed by atoms with E-state index in [1.165, 1.54) is 0 Å². The summed E-state index contributed by atoms with van der Waals surface area (Å²) in [6, 6.07) is 7.29. The van der Waals surface area contributed by atoms with E-state index in [9.17, 15) is 4.79 Å². The average molecular weight is 319 g/mol. The summed E-state index contributed by atoms with van der Waals surface area (Å²) in [6.45, 7) is 5.08. The summed E-state index contributed by atoms with van der Waals surface area (Å²) in [4.78, 5) is 16.4. The van der Waals surface area contributed by atoms with Gasteiger partial charge in [0.1, 0.15) is 0 Å². The second-order valence-corrected chi connectivity index (χ2v) is 6.14. The first-order valence-electron chi connectivity index (χ1n) is 7.27. The number of hydrogen-bond donors (Lipinski definition) is 3.